The highest BCUT2D eigenvalue weighted by molar-refractivity contribution is 5.92. The molecule has 0 unspecified atom stereocenters. The van der Waals surface area contributed by atoms with Crippen molar-refractivity contribution in [2.45, 2.75) is 95.3 Å². The number of benzene rings is 1. The van der Waals surface area contributed by atoms with Crippen LogP contribution in [-0.2, 0) is 11.8 Å². The molecule has 0 heterocycles. The Morgan fingerprint density at radius 2 is 1.68 bits per heavy atom. The number of hydrogen-bond donors (Lipinski definition) is 2. The van der Waals surface area contributed by atoms with Crippen molar-refractivity contribution < 1.29 is 5.11 Å². The number of phenols is 1. The van der Waals surface area contributed by atoms with Crippen molar-refractivity contribution in [1.82, 2.24) is 0 Å². The predicted molar refractivity (Wildman–Crippen MR) is 124 cm³/mol. The third-order valence-electron chi connectivity index (χ3n) is 11.3. The molecule has 31 heavy (non-hydrogen) atoms. The van der Waals surface area contributed by atoms with Crippen LogP contribution in [0.5, 0.6) is 5.75 Å². The molecule has 6 fully saturated rings. The van der Waals surface area contributed by atoms with Gasteiger partial charge in [0, 0.05) is 16.7 Å². The van der Waals surface area contributed by atoms with E-state index < -0.39 is 0 Å². The second kappa shape index (κ2) is 6.29. The molecule has 6 saturated carbocycles. The van der Waals surface area contributed by atoms with Crippen LogP contribution in [0.2, 0.25) is 0 Å². The average Bonchev–Trinajstić information content (AvgIpc) is 3.08. The third-order valence-corrected chi connectivity index (χ3v) is 11.3. The molecule has 0 aromatic heterocycles. The standard InChI is InChI=1S/C28H38N2O/c1-27-7-6-20-21(23(27)4-5-26(27)30-29)3-2-19-11-25(31)24(12-22(19)20)28-13-16-8-17(14-28)10-18(9-16)15-28/h11-12,16-18,20-21,23,31H,2-10,13-15,29H2,1H3/b30-26+/t16?,17?,18?,20-,21+,23-,27-,28?/m0/s1. The second-order valence-corrected chi connectivity index (χ2v) is 12.8. The summed E-state index contributed by atoms with van der Waals surface area (Å²) >= 11 is 0. The van der Waals surface area contributed by atoms with E-state index in [1.54, 1.807) is 5.56 Å². The molecule has 7 aliphatic carbocycles. The predicted octanol–water partition coefficient (Wildman–Crippen LogP) is 6.03. The minimum absolute atomic E-state index is 0.229. The van der Waals surface area contributed by atoms with Crippen molar-refractivity contribution in [3.8, 4) is 5.75 Å². The molecule has 0 amide bonds. The fraction of sp³-hybridized carbons (Fsp3) is 0.750. The van der Waals surface area contributed by atoms with Gasteiger partial charge < -0.3 is 10.9 Å². The number of nitrogens with zero attached hydrogens (tertiary/aromatic N) is 1. The molecule has 7 aliphatic rings. The maximum Gasteiger partial charge on any atom is 0.119 e. The fourth-order valence-electron chi connectivity index (χ4n) is 10.5. The van der Waals surface area contributed by atoms with E-state index in [2.05, 4.69) is 24.2 Å². The lowest BCUT2D eigenvalue weighted by Crippen LogP contribution is -2.48. The van der Waals surface area contributed by atoms with E-state index in [1.165, 1.54) is 81.0 Å². The van der Waals surface area contributed by atoms with E-state index >= 15 is 0 Å². The summed E-state index contributed by atoms with van der Waals surface area (Å²) in [5.41, 5.74) is 6.18. The van der Waals surface area contributed by atoms with Gasteiger partial charge in [0.05, 0.1) is 0 Å². The normalized spacial score (nSPS) is 48.5. The Bertz CT molecular complexity index is 929. The van der Waals surface area contributed by atoms with Crippen molar-refractivity contribution in [1.29, 1.82) is 0 Å². The van der Waals surface area contributed by atoms with Gasteiger partial charge in [-0.25, -0.2) is 0 Å². The van der Waals surface area contributed by atoms with Gasteiger partial charge in [-0.15, -0.1) is 0 Å². The molecule has 1 aromatic carbocycles. The van der Waals surface area contributed by atoms with Gasteiger partial charge in [-0.3, -0.25) is 0 Å². The van der Waals surface area contributed by atoms with E-state index in [0.29, 0.717) is 11.7 Å². The van der Waals surface area contributed by atoms with E-state index in [9.17, 15) is 5.11 Å². The summed E-state index contributed by atoms with van der Waals surface area (Å²) in [6.07, 6.45) is 15.6. The summed E-state index contributed by atoms with van der Waals surface area (Å²) in [7, 11) is 0. The van der Waals surface area contributed by atoms with Gasteiger partial charge in [0.2, 0.25) is 0 Å². The van der Waals surface area contributed by atoms with Gasteiger partial charge in [-0.2, -0.15) is 5.10 Å². The van der Waals surface area contributed by atoms with Crippen molar-refractivity contribution in [2.75, 3.05) is 0 Å². The molecular weight excluding hydrogens is 380 g/mol. The Labute approximate surface area is 186 Å². The maximum atomic E-state index is 11.3. The van der Waals surface area contributed by atoms with Gasteiger partial charge in [-0.05, 0) is 135 Å². The Hall–Kier alpha value is -1.51. The van der Waals surface area contributed by atoms with Crippen LogP contribution >= 0.6 is 0 Å². The molecule has 1 aromatic rings. The number of phenolic OH excluding ortho intramolecular Hbond substituents is 1. The van der Waals surface area contributed by atoms with Gasteiger partial charge in [-0.1, -0.05) is 13.0 Å². The van der Waals surface area contributed by atoms with Crippen LogP contribution in [0, 0.1) is 35.0 Å². The van der Waals surface area contributed by atoms with Crippen LogP contribution in [0.3, 0.4) is 0 Å². The number of aromatic hydroxyl groups is 1. The number of fused-ring (bicyclic) bond motifs is 5. The molecule has 0 radical (unpaired) electrons. The molecular formula is C28H38N2O. The van der Waals surface area contributed by atoms with Crippen LogP contribution in [0.15, 0.2) is 17.2 Å². The molecule has 8 rings (SSSR count). The Morgan fingerprint density at radius 3 is 2.35 bits per heavy atom. The van der Waals surface area contributed by atoms with Gasteiger partial charge >= 0.3 is 0 Å². The number of rotatable bonds is 1. The first kappa shape index (κ1) is 19.0. The summed E-state index contributed by atoms with van der Waals surface area (Å²) in [6, 6.07) is 4.75. The molecule has 3 heteroatoms. The van der Waals surface area contributed by atoms with Crippen LogP contribution in [0.4, 0.5) is 0 Å². The highest BCUT2D eigenvalue weighted by Gasteiger charge is 2.55. The molecule has 166 valence electrons. The first-order valence-corrected chi connectivity index (χ1v) is 13.1. The monoisotopic (exact) mass is 418 g/mol. The van der Waals surface area contributed by atoms with Crippen molar-refractivity contribution >= 4 is 5.71 Å². The van der Waals surface area contributed by atoms with Crippen molar-refractivity contribution in [3.05, 3.63) is 28.8 Å². The quantitative estimate of drug-likeness (QED) is 0.432. The topological polar surface area (TPSA) is 58.6 Å². The maximum absolute atomic E-state index is 11.3. The highest BCUT2D eigenvalue weighted by atomic mass is 16.3. The van der Waals surface area contributed by atoms with Crippen LogP contribution in [0.25, 0.3) is 0 Å². The van der Waals surface area contributed by atoms with Gasteiger partial charge in [0.1, 0.15) is 5.75 Å². The minimum atomic E-state index is 0.229. The summed E-state index contributed by atoms with van der Waals surface area (Å²) in [6.45, 7) is 2.44. The van der Waals surface area contributed by atoms with Gasteiger partial charge in [0.25, 0.3) is 0 Å². The number of aryl methyl sites for hydroxylation is 1. The first-order chi connectivity index (χ1) is 15.0. The Morgan fingerprint density at radius 1 is 0.968 bits per heavy atom. The Balaban J connectivity index is 1.28. The summed E-state index contributed by atoms with van der Waals surface area (Å²) in [4.78, 5) is 0. The Kier molecular flexibility index (Phi) is 3.86. The lowest BCUT2D eigenvalue weighted by atomic mass is 9.47. The van der Waals surface area contributed by atoms with E-state index in [1.807, 2.05) is 0 Å². The molecule has 3 nitrogen and oxygen atoms in total. The first-order valence-electron chi connectivity index (χ1n) is 13.1. The van der Waals surface area contributed by atoms with E-state index in [0.717, 1.165) is 42.4 Å². The second-order valence-electron chi connectivity index (χ2n) is 12.8. The largest absolute Gasteiger partial charge is 0.508 e. The smallest absolute Gasteiger partial charge is 0.119 e. The molecule has 0 spiro atoms. The lowest BCUT2D eigenvalue weighted by Gasteiger charge is -2.57. The zero-order chi connectivity index (χ0) is 21.0. The molecule has 4 bridgehead atoms. The van der Waals surface area contributed by atoms with Gasteiger partial charge in [0.15, 0.2) is 0 Å². The SMILES string of the molecule is C[C@]12CC[C@@H]3c4cc(C56CC7CC(CC(C7)C5)C6)c(O)cc4CC[C@H]3[C@@H]1CC/C2=N\N. The molecule has 4 atom stereocenters. The van der Waals surface area contributed by atoms with Crippen LogP contribution in [-0.4, -0.2) is 10.8 Å². The number of hydrazone groups is 1. The molecule has 3 N–H and O–H groups in total. The number of hydrogen-bond acceptors (Lipinski definition) is 3. The minimum Gasteiger partial charge on any atom is -0.508 e. The zero-order valence-corrected chi connectivity index (χ0v) is 19.1. The average molecular weight is 419 g/mol. The van der Waals surface area contributed by atoms with Crippen LogP contribution in [0.1, 0.15) is 100 Å². The summed E-state index contributed by atoms with van der Waals surface area (Å²) in [5.74, 6) is 11.3. The van der Waals surface area contributed by atoms with Crippen LogP contribution < -0.4 is 5.84 Å². The molecule has 0 aliphatic heterocycles. The fourth-order valence-corrected chi connectivity index (χ4v) is 10.5. The molecule has 0 saturated heterocycles. The lowest BCUT2D eigenvalue weighted by molar-refractivity contribution is -0.00627. The summed E-state index contributed by atoms with van der Waals surface area (Å²) < 4.78 is 0. The summed E-state index contributed by atoms with van der Waals surface area (Å²) in [5, 5.41) is 15.5. The van der Waals surface area contributed by atoms with Crippen molar-refractivity contribution in [3.63, 3.8) is 0 Å². The number of nitrogens with two attached hydrogens (primary N) is 1. The van der Waals surface area contributed by atoms with E-state index in [-0.39, 0.29) is 10.8 Å². The van der Waals surface area contributed by atoms with E-state index in [4.69, 9.17) is 5.84 Å². The van der Waals surface area contributed by atoms with Crippen molar-refractivity contribution in [2.24, 2.45) is 45.9 Å². The third kappa shape index (κ3) is 2.50. The zero-order valence-electron chi connectivity index (χ0n) is 19.1. The highest BCUT2D eigenvalue weighted by Crippen LogP contribution is 2.64.